The second-order valence-electron chi connectivity index (χ2n) is 7.07. The third kappa shape index (κ3) is 3.90. The first kappa shape index (κ1) is 19.6. The molecule has 1 aromatic carbocycles. The number of hydrogen-bond acceptors (Lipinski definition) is 7. The number of para-hydroxylation sites is 1. The van der Waals surface area contributed by atoms with E-state index in [1.165, 1.54) is 11.3 Å². The van der Waals surface area contributed by atoms with Crippen LogP contribution in [-0.2, 0) is 11.3 Å². The number of rotatable bonds is 6. The zero-order valence-electron chi connectivity index (χ0n) is 16.8. The molecule has 1 aliphatic heterocycles. The number of nitrogens with zero attached hydrogens (tertiary/aromatic N) is 3. The van der Waals surface area contributed by atoms with Crippen LogP contribution in [0.3, 0.4) is 0 Å². The Morgan fingerprint density at radius 1 is 1.28 bits per heavy atom. The predicted molar refractivity (Wildman–Crippen MR) is 114 cm³/mol. The van der Waals surface area contributed by atoms with Gasteiger partial charge in [0.05, 0.1) is 17.4 Å². The van der Waals surface area contributed by atoms with E-state index in [9.17, 15) is 4.79 Å². The summed E-state index contributed by atoms with van der Waals surface area (Å²) in [5.41, 5.74) is 1.95. The maximum atomic E-state index is 13.2. The van der Waals surface area contributed by atoms with E-state index >= 15 is 0 Å². The van der Waals surface area contributed by atoms with Gasteiger partial charge in [-0.15, -0.1) is 11.3 Å². The van der Waals surface area contributed by atoms with Gasteiger partial charge in [-0.25, -0.2) is 4.98 Å². The molecule has 2 aromatic heterocycles. The zero-order chi connectivity index (χ0) is 20.4. The van der Waals surface area contributed by atoms with Crippen molar-refractivity contribution >= 4 is 33.1 Å². The molecular weight excluding hydrogens is 388 g/mol. The van der Waals surface area contributed by atoms with E-state index in [1.807, 2.05) is 42.2 Å². The molecule has 1 aliphatic rings. The van der Waals surface area contributed by atoms with Crippen molar-refractivity contribution in [3.63, 3.8) is 0 Å². The van der Waals surface area contributed by atoms with Crippen molar-refractivity contribution in [2.24, 2.45) is 0 Å². The Kier molecular flexibility index (Phi) is 5.64. The van der Waals surface area contributed by atoms with Gasteiger partial charge in [0.25, 0.3) is 5.91 Å². The number of fused-ring (bicyclic) bond motifs is 1. The number of methoxy groups -OCH3 is 2. The Bertz CT molecular complexity index is 1020. The van der Waals surface area contributed by atoms with E-state index in [1.54, 1.807) is 14.2 Å². The van der Waals surface area contributed by atoms with Crippen LogP contribution >= 0.6 is 11.3 Å². The lowest BCUT2D eigenvalue weighted by Crippen LogP contribution is -2.31. The topological polar surface area (TPSA) is 76.6 Å². The standard InChI is InChI=1S/C21H24N4O3S/c1-13-17-19(28-3)23-16(12-27-2)24-20(17)29-18(13)21(26)25-10-9-15(11-25)22-14-7-5-4-6-8-14/h4-8,15,22H,9-12H2,1-3H3. The second kappa shape index (κ2) is 8.34. The number of aromatic nitrogens is 2. The number of hydrogen-bond donors (Lipinski definition) is 1. The van der Waals surface area contributed by atoms with Gasteiger partial charge in [-0.1, -0.05) is 18.2 Å². The zero-order valence-corrected chi connectivity index (χ0v) is 17.6. The smallest absolute Gasteiger partial charge is 0.264 e. The minimum absolute atomic E-state index is 0.0400. The highest BCUT2D eigenvalue weighted by molar-refractivity contribution is 7.20. The molecule has 0 saturated carbocycles. The van der Waals surface area contributed by atoms with E-state index in [-0.39, 0.29) is 11.9 Å². The van der Waals surface area contributed by atoms with Gasteiger partial charge in [0.2, 0.25) is 5.88 Å². The van der Waals surface area contributed by atoms with Crippen LogP contribution in [0, 0.1) is 6.92 Å². The average Bonchev–Trinajstić information content (AvgIpc) is 3.33. The van der Waals surface area contributed by atoms with Gasteiger partial charge in [-0.05, 0) is 31.0 Å². The first-order valence-electron chi connectivity index (χ1n) is 9.54. The fraction of sp³-hybridized carbons (Fsp3) is 0.381. The summed E-state index contributed by atoms with van der Waals surface area (Å²) in [4.78, 5) is 25.6. The van der Waals surface area contributed by atoms with E-state index < -0.39 is 0 Å². The lowest BCUT2D eigenvalue weighted by Gasteiger charge is -2.17. The Hall–Kier alpha value is -2.71. The van der Waals surface area contributed by atoms with Crippen LogP contribution in [-0.4, -0.2) is 54.1 Å². The van der Waals surface area contributed by atoms with Crippen molar-refractivity contribution in [3.8, 4) is 5.88 Å². The summed E-state index contributed by atoms with van der Waals surface area (Å²) in [5.74, 6) is 1.07. The minimum atomic E-state index is 0.0400. The van der Waals surface area contributed by atoms with Crippen LogP contribution in [0.1, 0.15) is 27.5 Å². The summed E-state index contributed by atoms with van der Waals surface area (Å²) < 4.78 is 10.6. The molecule has 29 heavy (non-hydrogen) atoms. The number of aryl methyl sites for hydroxylation is 1. The summed E-state index contributed by atoms with van der Waals surface area (Å²) >= 11 is 1.40. The maximum Gasteiger partial charge on any atom is 0.264 e. The van der Waals surface area contributed by atoms with Gasteiger partial charge in [0.1, 0.15) is 11.4 Å². The molecule has 7 nitrogen and oxygen atoms in total. The molecule has 8 heteroatoms. The fourth-order valence-corrected chi connectivity index (χ4v) is 4.82. The van der Waals surface area contributed by atoms with Crippen molar-refractivity contribution in [2.75, 3.05) is 32.6 Å². The van der Waals surface area contributed by atoms with Crippen molar-refractivity contribution in [3.05, 3.63) is 46.6 Å². The number of nitrogens with one attached hydrogen (secondary N) is 1. The van der Waals surface area contributed by atoms with E-state index in [4.69, 9.17) is 9.47 Å². The molecule has 4 rings (SSSR count). The third-order valence-electron chi connectivity index (χ3n) is 5.08. The second-order valence-corrected chi connectivity index (χ2v) is 8.06. The lowest BCUT2D eigenvalue weighted by molar-refractivity contribution is 0.0796. The van der Waals surface area contributed by atoms with E-state index in [0.717, 1.165) is 34.4 Å². The summed E-state index contributed by atoms with van der Waals surface area (Å²) in [6.07, 6.45) is 0.922. The highest BCUT2D eigenvalue weighted by atomic mass is 32.1. The van der Waals surface area contributed by atoms with Crippen LogP contribution in [0.25, 0.3) is 10.2 Å². The van der Waals surface area contributed by atoms with Gasteiger partial charge >= 0.3 is 0 Å². The van der Waals surface area contributed by atoms with Gasteiger partial charge in [0.15, 0.2) is 5.82 Å². The van der Waals surface area contributed by atoms with Crippen LogP contribution in [0.15, 0.2) is 30.3 Å². The first-order valence-corrected chi connectivity index (χ1v) is 10.4. The van der Waals surface area contributed by atoms with Crippen LogP contribution in [0.2, 0.25) is 0 Å². The molecule has 3 heterocycles. The third-order valence-corrected chi connectivity index (χ3v) is 6.26. The molecule has 1 fully saturated rings. The largest absolute Gasteiger partial charge is 0.480 e. The molecule has 1 atom stereocenters. The summed E-state index contributed by atoms with van der Waals surface area (Å²) in [7, 11) is 3.18. The van der Waals surface area contributed by atoms with Crippen molar-refractivity contribution in [2.45, 2.75) is 26.0 Å². The molecule has 0 radical (unpaired) electrons. The highest BCUT2D eigenvalue weighted by Crippen LogP contribution is 2.36. The fourth-order valence-electron chi connectivity index (χ4n) is 3.67. The Balaban J connectivity index is 1.56. The number of carbonyl (C=O) groups is 1. The first-order chi connectivity index (χ1) is 14.1. The molecule has 1 amide bonds. The number of amides is 1. The monoisotopic (exact) mass is 412 g/mol. The Labute approximate surface area is 173 Å². The highest BCUT2D eigenvalue weighted by Gasteiger charge is 2.30. The number of carbonyl (C=O) groups excluding carboxylic acids is 1. The van der Waals surface area contributed by atoms with Gasteiger partial charge in [-0.3, -0.25) is 4.79 Å². The maximum absolute atomic E-state index is 13.2. The molecule has 152 valence electrons. The summed E-state index contributed by atoms with van der Waals surface area (Å²) in [6.45, 7) is 3.64. The van der Waals surface area contributed by atoms with Gasteiger partial charge in [0, 0.05) is 31.9 Å². The summed E-state index contributed by atoms with van der Waals surface area (Å²) in [6, 6.07) is 10.3. The van der Waals surface area contributed by atoms with Crippen LogP contribution < -0.4 is 10.1 Å². The van der Waals surface area contributed by atoms with Gasteiger partial charge < -0.3 is 19.7 Å². The molecule has 0 bridgehead atoms. The van der Waals surface area contributed by atoms with E-state index in [0.29, 0.717) is 29.7 Å². The number of ether oxygens (including phenoxy) is 2. The molecule has 3 aromatic rings. The van der Waals surface area contributed by atoms with E-state index in [2.05, 4.69) is 15.3 Å². The normalized spacial score (nSPS) is 16.4. The molecule has 1 N–H and O–H groups in total. The molecule has 1 saturated heterocycles. The number of likely N-dealkylation sites (tertiary alicyclic amines) is 1. The Morgan fingerprint density at radius 3 is 2.79 bits per heavy atom. The molecule has 0 aliphatic carbocycles. The van der Waals surface area contributed by atoms with Crippen LogP contribution in [0.5, 0.6) is 5.88 Å². The van der Waals surface area contributed by atoms with Crippen molar-refractivity contribution < 1.29 is 14.3 Å². The predicted octanol–water partition coefficient (Wildman–Crippen LogP) is 3.48. The number of benzene rings is 1. The van der Waals surface area contributed by atoms with Gasteiger partial charge in [-0.2, -0.15) is 4.98 Å². The van der Waals surface area contributed by atoms with Crippen molar-refractivity contribution in [1.82, 2.24) is 14.9 Å². The summed E-state index contributed by atoms with van der Waals surface area (Å²) in [5, 5.41) is 4.32. The minimum Gasteiger partial charge on any atom is -0.480 e. The quantitative estimate of drug-likeness (QED) is 0.668. The molecule has 0 spiro atoms. The average molecular weight is 413 g/mol. The molecule has 1 unspecified atom stereocenters. The van der Waals surface area contributed by atoms with Crippen LogP contribution in [0.4, 0.5) is 5.69 Å². The number of thiophene rings is 1. The van der Waals surface area contributed by atoms with Crippen molar-refractivity contribution in [1.29, 1.82) is 0 Å². The number of anilines is 1. The molecular formula is C21H24N4O3S. The Morgan fingerprint density at radius 2 is 2.07 bits per heavy atom. The lowest BCUT2D eigenvalue weighted by atomic mass is 10.2. The SMILES string of the molecule is COCc1nc(OC)c2c(C)c(C(=O)N3CCC(Nc4ccccc4)C3)sc2n1.